The van der Waals surface area contributed by atoms with Crippen molar-refractivity contribution in [2.45, 2.75) is 38.8 Å². The Morgan fingerprint density at radius 3 is 2.79 bits per heavy atom. The molecule has 0 aromatic heterocycles. The molecule has 150 valence electrons. The summed E-state index contributed by atoms with van der Waals surface area (Å²) in [5, 5.41) is 5.29. The molecular formula is C19H22ClN3O4S. The Kier molecular flexibility index (Phi) is 5.90. The number of nitrogens with one attached hydrogen (secondary N) is 2. The van der Waals surface area contributed by atoms with Gasteiger partial charge < -0.3 is 15.0 Å². The van der Waals surface area contributed by atoms with Crippen LogP contribution in [0, 0.1) is 0 Å². The molecular weight excluding hydrogens is 402 g/mol. The zero-order chi connectivity index (χ0) is 20.5. The Bertz CT molecular complexity index is 850. The SMILES string of the molecule is CC(C)(C)OC(=O)NC1CCN(c2c(Cl)cccc2C=C2SC(=O)NC2=O)C1. The van der Waals surface area contributed by atoms with E-state index in [0.29, 0.717) is 23.0 Å². The molecule has 2 aliphatic heterocycles. The molecule has 1 aromatic rings. The van der Waals surface area contributed by atoms with Gasteiger partial charge in [0.1, 0.15) is 5.60 Å². The number of para-hydroxylation sites is 1. The monoisotopic (exact) mass is 423 g/mol. The smallest absolute Gasteiger partial charge is 0.407 e. The van der Waals surface area contributed by atoms with Gasteiger partial charge in [0, 0.05) is 18.7 Å². The van der Waals surface area contributed by atoms with Gasteiger partial charge in [-0.05, 0) is 51.1 Å². The Morgan fingerprint density at radius 2 is 2.14 bits per heavy atom. The van der Waals surface area contributed by atoms with Gasteiger partial charge in [-0.1, -0.05) is 23.7 Å². The van der Waals surface area contributed by atoms with Gasteiger partial charge in [-0.15, -0.1) is 0 Å². The van der Waals surface area contributed by atoms with Crippen LogP contribution in [0.3, 0.4) is 0 Å². The lowest BCUT2D eigenvalue weighted by Crippen LogP contribution is -2.40. The van der Waals surface area contributed by atoms with E-state index in [0.717, 1.165) is 29.4 Å². The van der Waals surface area contributed by atoms with Crippen LogP contribution in [0.2, 0.25) is 5.02 Å². The summed E-state index contributed by atoms with van der Waals surface area (Å²) >= 11 is 7.31. The first-order valence-electron chi connectivity index (χ1n) is 8.90. The van der Waals surface area contributed by atoms with Gasteiger partial charge in [0.05, 0.1) is 21.7 Å². The summed E-state index contributed by atoms with van der Waals surface area (Å²) in [6.07, 6.45) is 1.97. The van der Waals surface area contributed by atoms with Crippen molar-refractivity contribution in [1.29, 1.82) is 0 Å². The van der Waals surface area contributed by atoms with Crippen LogP contribution in [-0.4, -0.2) is 42.0 Å². The van der Waals surface area contributed by atoms with Crippen molar-refractivity contribution in [3.05, 3.63) is 33.7 Å². The molecule has 2 heterocycles. The molecule has 0 aliphatic carbocycles. The number of ether oxygens (including phenoxy) is 1. The van der Waals surface area contributed by atoms with E-state index in [9.17, 15) is 14.4 Å². The molecule has 7 nitrogen and oxygen atoms in total. The summed E-state index contributed by atoms with van der Waals surface area (Å²) in [5.74, 6) is -0.410. The van der Waals surface area contributed by atoms with E-state index in [4.69, 9.17) is 16.3 Å². The van der Waals surface area contributed by atoms with Crippen molar-refractivity contribution in [3.8, 4) is 0 Å². The summed E-state index contributed by atoms with van der Waals surface area (Å²) in [7, 11) is 0. The zero-order valence-corrected chi connectivity index (χ0v) is 17.4. The standard InChI is InChI=1S/C19H22ClN3O4S/c1-19(2,3)27-17(25)21-12-7-8-23(10-12)15-11(5-4-6-13(15)20)9-14-16(24)22-18(26)28-14/h4-6,9,12H,7-8,10H2,1-3H3,(H,21,25)(H,22,24,26). The summed E-state index contributed by atoms with van der Waals surface area (Å²) in [5.41, 5.74) is 0.970. The topological polar surface area (TPSA) is 87.7 Å². The van der Waals surface area contributed by atoms with Crippen LogP contribution in [0.4, 0.5) is 15.3 Å². The van der Waals surface area contributed by atoms with Crippen molar-refractivity contribution >= 4 is 52.4 Å². The van der Waals surface area contributed by atoms with E-state index in [1.54, 1.807) is 18.2 Å². The van der Waals surface area contributed by atoms with E-state index in [1.165, 1.54) is 0 Å². The summed E-state index contributed by atoms with van der Waals surface area (Å²) in [6, 6.07) is 5.35. The Hall–Kier alpha value is -2.19. The van der Waals surface area contributed by atoms with Gasteiger partial charge in [-0.2, -0.15) is 0 Å². The van der Waals surface area contributed by atoms with Gasteiger partial charge in [0.15, 0.2) is 0 Å². The van der Waals surface area contributed by atoms with Crippen molar-refractivity contribution in [1.82, 2.24) is 10.6 Å². The molecule has 2 aliphatic rings. The third-order valence-corrected chi connectivity index (χ3v) is 5.29. The van der Waals surface area contributed by atoms with E-state index < -0.39 is 17.6 Å². The minimum atomic E-state index is -0.554. The van der Waals surface area contributed by atoms with Crippen LogP contribution < -0.4 is 15.5 Å². The highest BCUT2D eigenvalue weighted by Gasteiger charge is 2.30. The molecule has 2 fully saturated rings. The number of amides is 3. The number of hydrogen-bond donors (Lipinski definition) is 2. The highest BCUT2D eigenvalue weighted by atomic mass is 35.5. The average molecular weight is 424 g/mol. The highest BCUT2D eigenvalue weighted by molar-refractivity contribution is 8.18. The number of anilines is 1. The molecule has 9 heteroatoms. The predicted molar refractivity (Wildman–Crippen MR) is 111 cm³/mol. The normalized spacial score (nSPS) is 21.2. The predicted octanol–water partition coefficient (Wildman–Crippen LogP) is 3.77. The van der Waals surface area contributed by atoms with Crippen LogP contribution in [0.15, 0.2) is 23.1 Å². The molecule has 0 saturated carbocycles. The number of carbonyl (C=O) groups excluding carboxylic acids is 3. The van der Waals surface area contributed by atoms with E-state index in [-0.39, 0.29) is 11.3 Å². The summed E-state index contributed by atoms with van der Waals surface area (Å²) in [4.78, 5) is 37.7. The maximum Gasteiger partial charge on any atom is 0.407 e. The fraction of sp³-hybridized carbons (Fsp3) is 0.421. The van der Waals surface area contributed by atoms with E-state index in [1.807, 2.05) is 26.8 Å². The first-order valence-corrected chi connectivity index (χ1v) is 10.1. The van der Waals surface area contributed by atoms with Crippen molar-refractivity contribution in [2.24, 2.45) is 0 Å². The van der Waals surface area contributed by atoms with Gasteiger partial charge in [-0.3, -0.25) is 14.9 Å². The first-order chi connectivity index (χ1) is 13.1. The second kappa shape index (κ2) is 8.05. The average Bonchev–Trinajstić information content (AvgIpc) is 3.12. The quantitative estimate of drug-likeness (QED) is 0.719. The maximum atomic E-state index is 12.0. The van der Waals surface area contributed by atoms with E-state index in [2.05, 4.69) is 15.5 Å². The number of imide groups is 1. The second-order valence-corrected chi connectivity index (χ2v) is 9.03. The van der Waals surface area contributed by atoms with Gasteiger partial charge in [0.25, 0.3) is 11.1 Å². The first kappa shape index (κ1) is 20.5. The minimum Gasteiger partial charge on any atom is -0.444 e. The third-order valence-electron chi connectivity index (χ3n) is 4.17. The number of halogens is 1. The number of benzene rings is 1. The second-order valence-electron chi connectivity index (χ2n) is 7.61. The Morgan fingerprint density at radius 1 is 1.39 bits per heavy atom. The molecule has 1 atom stereocenters. The Labute approximate surface area is 172 Å². The minimum absolute atomic E-state index is 0.0719. The van der Waals surface area contributed by atoms with Gasteiger partial charge in [0.2, 0.25) is 0 Å². The highest BCUT2D eigenvalue weighted by Crippen LogP contribution is 2.36. The number of alkyl carbamates (subject to hydrolysis) is 1. The molecule has 1 unspecified atom stereocenters. The van der Waals surface area contributed by atoms with Crippen LogP contribution in [0.5, 0.6) is 0 Å². The van der Waals surface area contributed by atoms with Crippen molar-refractivity contribution in [3.63, 3.8) is 0 Å². The fourth-order valence-electron chi connectivity index (χ4n) is 3.10. The number of nitrogens with zero attached hydrogens (tertiary/aromatic N) is 1. The lowest BCUT2D eigenvalue weighted by atomic mass is 10.1. The van der Waals surface area contributed by atoms with Gasteiger partial charge >= 0.3 is 6.09 Å². The van der Waals surface area contributed by atoms with E-state index >= 15 is 0 Å². The zero-order valence-electron chi connectivity index (χ0n) is 15.9. The molecule has 28 heavy (non-hydrogen) atoms. The molecule has 0 bridgehead atoms. The lowest BCUT2D eigenvalue weighted by Gasteiger charge is -2.24. The number of hydrogen-bond acceptors (Lipinski definition) is 6. The van der Waals surface area contributed by atoms with Crippen LogP contribution in [0.1, 0.15) is 32.8 Å². The Balaban J connectivity index is 1.76. The van der Waals surface area contributed by atoms with Crippen LogP contribution in [-0.2, 0) is 9.53 Å². The fourth-order valence-corrected chi connectivity index (χ4v) is 4.07. The third kappa shape index (κ3) is 4.99. The number of rotatable bonds is 3. The summed E-state index contributed by atoms with van der Waals surface area (Å²) < 4.78 is 5.32. The molecule has 0 spiro atoms. The molecule has 3 amide bonds. The van der Waals surface area contributed by atoms with Crippen molar-refractivity contribution < 1.29 is 19.1 Å². The molecule has 3 rings (SSSR count). The number of carbonyl (C=O) groups is 3. The van der Waals surface area contributed by atoms with Crippen LogP contribution in [0.25, 0.3) is 6.08 Å². The molecule has 2 N–H and O–H groups in total. The lowest BCUT2D eigenvalue weighted by molar-refractivity contribution is -0.115. The van der Waals surface area contributed by atoms with Crippen molar-refractivity contribution in [2.75, 3.05) is 18.0 Å². The molecule has 2 saturated heterocycles. The molecule has 1 aromatic carbocycles. The summed E-state index contributed by atoms with van der Waals surface area (Å²) in [6.45, 7) is 6.72. The van der Waals surface area contributed by atoms with Gasteiger partial charge in [-0.25, -0.2) is 4.79 Å². The maximum absolute atomic E-state index is 12.0. The van der Waals surface area contributed by atoms with Crippen LogP contribution >= 0.6 is 23.4 Å². The number of thioether (sulfide) groups is 1. The largest absolute Gasteiger partial charge is 0.444 e. The molecule has 0 radical (unpaired) electrons.